The van der Waals surface area contributed by atoms with Crippen LogP contribution in [0.15, 0.2) is 102 Å². The highest BCUT2D eigenvalue weighted by molar-refractivity contribution is 7.21. The van der Waals surface area contributed by atoms with Crippen LogP contribution in [-0.4, -0.2) is 32.7 Å². The lowest BCUT2D eigenvalue weighted by atomic mass is 9.99. The number of esters is 1. The Bertz CT molecular complexity index is 1880. The molecule has 1 atom stereocenters. The van der Waals surface area contributed by atoms with E-state index in [1.54, 1.807) is 42.5 Å². The second kappa shape index (κ2) is 10.6. The molecule has 0 fully saturated rings. The maximum Gasteiger partial charge on any atom is 0.339 e. The second-order valence-electron chi connectivity index (χ2n) is 9.17. The Balaban J connectivity index is 1.27. The van der Waals surface area contributed by atoms with Crippen molar-refractivity contribution in [3.05, 3.63) is 113 Å². The molecule has 6 rings (SSSR count). The minimum atomic E-state index is -1.07. The van der Waals surface area contributed by atoms with E-state index in [4.69, 9.17) is 9.72 Å². The van der Waals surface area contributed by atoms with Gasteiger partial charge in [-0.15, -0.1) is 11.3 Å². The fourth-order valence-electron chi connectivity index (χ4n) is 4.63. The zero-order valence-electron chi connectivity index (χ0n) is 21.5. The van der Waals surface area contributed by atoms with Gasteiger partial charge in [0.1, 0.15) is 10.8 Å². The molecular formula is C31H24N4O4S. The third-order valence-electron chi connectivity index (χ3n) is 6.55. The topological polar surface area (TPSA) is 106 Å². The quantitative estimate of drug-likeness (QED) is 0.232. The fraction of sp³-hybridized carbons (Fsp3) is 0.0968. The van der Waals surface area contributed by atoms with Crippen LogP contribution in [0.25, 0.3) is 37.2 Å². The largest absolute Gasteiger partial charge is 0.449 e. The van der Waals surface area contributed by atoms with Gasteiger partial charge in [-0.25, -0.2) is 14.5 Å². The number of thiazole rings is 1. The molecule has 0 aliphatic rings. The number of benzene rings is 4. The molecule has 1 amide bonds. The zero-order chi connectivity index (χ0) is 27.6. The summed E-state index contributed by atoms with van der Waals surface area (Å²) >= 11 is 1.55. The number of rotatable bonds is 7. The number of anilines is 1. The highest BCUT2D eigenvalue weighted by atomic mass is 32.1. The van der Waals surface area contributed by atoms with Gasteiger partial charge in [-0.1, -0.05) is 67.6 Å². The molecule has 0 saturated heterocycles. The number of nitrogens with zero attached hydrogens (tertiary/aromatic N) is 2. The number of nitrogens with one attached hydrogen (secondary N) is 2. The summed E-state index contributed by atoms with van der Waals surface area (Å²) in [6.45, 7) is 1.76. The highest BCUT2D eigenvalue weighted by Crippen LogP contribution is 2.36. The van der Waals surface area contributed by atoms with E-state index in [1.165, 1.54) is 10.7 Å². The van der Waals surface area contributed by atoms with Gasteiger partial charge < -0.3 is 10.1 Å². The van der Waals surface area contributed by atoms with Crippen LogP contribution < -0.4 is 10.9 Å². The minimum Gasteiger partial charge on any atom is -0.449 e. The molecule has 0 radical (unpaired) electrons. The minimum absolute atomic E-state index is 0.205. The van der Waals surface area contributed by atoms with Crippen LogP contribution in [0.1, 0.15) is 23.7 Å². The number of ether oxygens (including phenoxy) is 1. The van der Waals surface area contributed by atoms with Crippen LogP contribution in [0, 0.1) is 0 Å². The van der Waals surface area contributed by atoms with E-state index in [1.807, 2.05) is 66.7 Å². The first-order chi connectivity index (χ1) is 19.5. The molecule has 9 heteroatoms. The maximum atomic E-state index is 13.5. The van der Waals surface area contributed by atoms with E-state index < -0.39 is 18.0 Å². The number of aromatic amines is 1. The maximum absolute atomic E-state index is 13.5. The molecule has 6 aromatic rings. The van der Waals surface area contributed by atoms with Crippen LogP contribution in [0.4, 0.5) is 5.82 Å². The lowest BCUT2D eigenvalue weighted by molar-refractivity contribution is -0.124. The zero-order valence-corrected chi connectivity index (χ0v) is 22.3. The van der Waals surface area contributed by atoms with Gasteiger partial charge in [-0.3, -0.25) is 14.7 Å². The first-order valence-electron chi connectivity index (χ1n) is 12.8. The number of hydrogen-bond acceptors (Lipinski definition) is 6. The second-order valence-corrected chi connectivity index (χ2v) is 10.2. The number of hydrogen-bond donors (Lipinski definition) is 2. The first-order valence-corrected chi connectivity index (χ1v) is 13.6. The molecule has 0 saturated carbocycles. The Morgan fingerprint density at radius 1 is 0.975 bits per heavy atom. The predicted octanol–water partition coefficient (Wildman–Crippen LogP) is 6.17. The van der Waals surface area contributed by atoms with Crippen LogP contribution in [-0.2, 0) is 9.53 Å². The van der Waals surface area contributed by atoms with Crippen LogP contribution >= 0.6 is 11.3 Å². The van der Waals surface area contributed by atoms with Crippen molar-refractivity contribution in [2.24, 2.45) is 0 Å². The summed E-state index contributed by atoms with van der Waals surface area (Å²) in [4.78, 5) is 43.8. The summed E-state index contributed by atoms with van der Waals surface area (Å²) in [7, 11) is 0. The van der Waals surface area contributed by atoms with Crippen LogP contribution in [0.3, 0.4) is 0 Å². The number of carbonyl (C=O) groups excluding carboxylic acids is 2. The van der Waals surface area contributed by atoms with Gasteiger partial charge in [0.15, 0.2) is 6.10 Å². The van der Waals surface area contributed by atoms with Crippen molar-refractivity contribution < 1.29 is 14.3 Å². The molecule has 2 N–H and O–H groups in total. The molecule has 198 valence electrons. The van der Waals surface area contributed by atoms with Gasteiger partial charge >= 0.3 is 5.97 Å². The monoisotopic (exact) mass is 548 g/mol. The number of fused-ring (bicyclic) bond motifs is 2. The summed E-state index contributed by atoms with van der Waals surface area (Å²) < 4.78 is 8.11. The molecule has 1 unspecified atom stereocenters. The number of H-pyrrole nitrogens is 1. The summed E-state index contributed by atoms with van der Waals surface area (Å²) in [5.74, 6) is -0.947. The third kappa shape index (κ3) is 4.78. The van der Waals surface area contributed by atoms with Crippen molar-refractivity contribution in [3.8, 4) is 16.3 Å². The van der Waals surface area contributed by atoms with Crippen molar-refractivity contribution in [2.75, 3.05) is 5.32 Å². The lowest BCUT2D eigenvalue weighted by Crippen LogP contribution is -2.32. The number of carbonyl (C=O) groups is 2. The molecule has 2 aromatic heterocycles. The van der Waals surface area contributed by atoms with Gasteiger partial charge in [-0.2, -0.15) is 0 Å². The summed E-state index contributed by atoms with van der Waals surface area (Å²) in [6, 6.07) is 29.4. The van der Waals surface area contributed by atoms with E-state index in [-0.39, 0.29) is 17.8 Å². The number of amides is 1. The predicted molar refractivity (Wildman–Crippen MR) is 157 cm³/mol. The number of para-hydroxylation sites is 2. The van der Waals surface area contributed by atoms with E-state index >= 15 is 0 Å². The van der Waals surface area contributed by atoms with Crippen molar-refractivity contribution in [3.63, 3.8) is 0 Å². The molecule has 4 aromatic carbocycles. The Morgan fingerprint density at radius 2 is 1.73 bits per heavy atom. The van der Waals surface area contributed by atoms with E-state index in [0.29, 0.717) is 16.6 Å². The van der Waals surface area contributed by atoms with Crippen molar-refractivity contribution in [1.82, 2.24) is 14.8 Å². The smallest absolute Gasteiger partial charge is 0.339 e. The van der Waals surface area contributed by atoms with Crippen molar-refractivity contribution in [1.29, 1.82) is 0 Å². The van der Waals surface area contributed by atoms with E-state index in [9.17, 15) is 14.4 Å². The third-order valence-corrected chi connectivity index (χ3v) is 7.62. The van der Waals surface area contributed by atoms with Crippen molar-refractivity contribution >= 4 is 50.0 Å². The molecule has 8 nitrogen and oxygen atoms in total. The van der Waals surface area contributed by atoms with Crippen molar-refractivity contribution in [2.45, 2.75) is 19.4 Å². The Kier molecular flexibility index (Phi) is 6.71. The Hall–Kier alpha value is -5.02. The van der Waals surface area contributed by atoms with Gasteiger partial charge in [0.05, 0.1) is 21.5 Å². The van der Waals surface area contributed by atoms with Crippen LogP contribution in [0.5, 0.6) is 0 Å². The first kappa shape index (κ1) is 25.3. The summed E-state index contributed by atoms with van der Waals surface area (Å²) in [5, 5.41) is 7.92. The van der Waals surface area contributed by atoms with Crippen LogP contribution in [0.2, 0.25) is 0 Å². The SMILES string of the molecule is CCC(OC(=O)c1cccc2cccc(-c3nc4ccccc4s3)c12)C(=O)Nc1cc(=O)n(-c2ccccc2)[nH]1. The number of aromatic nitrogens is 3. The van der Waals surface area contributed by atoms with Gasteiger partial charge in [0, 0.05) is 17.0 Å². The standard InChI is InChI=1S/C31H24N4O4S/c1-2-24(29(37)33-26-18-27(36)35(34-26)20-12-4-3-5-13-20)39-31(38)22-15-9-11-19-10-8-14-21(28(19)22)30-32-23-16-6-7-17-25(23)40-30/h3-18,24,34H,2H2,1H3,(H,33,37). The molecular weight excluding hydrogens is 524 g/mol. The van der Waals surface area contributed by atoms with Gasteiger partial charge in [0.25, 0.3) is 11.5 Å². The Labute approximate surface area is 232 Å². The lowest BCUT2D eigenvalue weighted by Gasteiger charge is -2.17. The van der Waals surface area contributed by atoms with Gasteiger partial charge in [-0.05, 0) is 42.1 Å². The molecule has 0 aliphatic carbocycles. The molecule has 0 spiro atoms. The molecule has 40 heavy (non-hydrogen) atoms. The summed E-state index contributed by atoms with van der Waals surface area (Å²) in [6.07, 6.45) is -0.822. The molecule has 0 aliphatic heterocycles. The van der Waals surface area contributed by atoms with E-state index in [0.717, 1.165) is 26.2 Å². The highest BCUT2D eigenvalue weighted by Gasteiger charge is 2.25. The Morgan fingerprint density at radius 3 is 2.50 bits per heavy atom. The average molecular weight is 549 g/mol. The van der Waals surface area contributed by atoms with Gasteiger partial charge in [0.2, 0.25) is 0 Å². The molecule has 2 heterocycles. The molecule has 0 bridgehead atoms. The normalized spacial score (nSPS) is 11.9. The average Bonchev–Trinajstić information content (AvgIpc) is 3.58. The van der Waals surface area contributed by atoms with E-state index in [2.05, 4.69) is 10.4 Å². The fourth-order valence-corrected chi connectivity index (χ4v) is 5.63. The summed E-state index contributed by atoms with van der Waals surface area (Å²) in [5.41, 5.74) is 2.36.